The lowest BCUT2D eigenvalue weighted by atomic mass is 10.1. The van der Waals surface area contributed by atoms with Crippen LogP contribution in [0.5, 0.6) is 0 Å². The number of halogens is 2. The standard InChI is InChI=1S/C21H19Cl2N3O3S/c1-30(28,29)26(20-11-18(22)10-19(23)12-20)14-16-2-4-17(5-3-16)21(27)25-13-15-6-8-24-9-7-15/h2-12H,13-14H2,1H3,(H,25,27). The lowest BCUT2D eigenvalue weighted by Gasteiger charge is -2.23. The summed E-state index contributed by atoms with van der Waals surface area (Å²) >= 11 is 12.0. The fraction of sp³-hybridized carbons (Fsp3) is 0.143. The Labute approximate surface area is 185 Å². The van der Waals surface area contributed by atoms with E-state index in [9.17, 15) is 13.2 Å². The van der Waals surface area contributed by atoms with E-state index in [4.69, 9.17) is 23.2 Å². The number of benzene rings is 2. The van der Waals surface area contributed by atoms with Crippen molar-refractivity contribution in [3.8, 4) is 0 Å². The molecule has 0 atom stereocenters. The predicted molar refractivity (Wildman–Crippen MR) is 119 cm³/mol. The molecule has 0 aliphatic rings. The van der Waals surface area contributed by atoms with Gasteiger partial charge in [-0.15, -0.1) is 0 Å². The van der Waals surface area contributed by atoms with Crippen LogP contribution in [-0.2, 0) is 23.1 Å². The molecule has 0 aliphatic heterocycles. The molecular formula is C21H19Cl2N3O3S. The number of hydrogen-bond acceptors (Lipinski definition) is 4. The van der Waals surface area contributed by atoms with Gasteiger partial charge in [-0.25, -0.2) is 8.42 Å². The van der Waals surface area contributed by atoms with Crippen molar-refractivity contribution in [1.29, 1.82) is 0 Å². The van der Waals surface area contributed by atoms with Crippen LogP contribution in [0, 0.1) is 0 Å². The number of nitrogens with one attached hydrogen (secondary N) is 1. The Kier molecular flexibility index (Phi) is 6.97. The van der Waals surface area contributed by atoms with E-state index in [1.54, 1.807) is 36.7 Å². The minimum Gasteiger partial charge on any atom is -0.348 e. The molecule has 0 saturated carbocycles. The summed E-state index contributed by atoms with van der Waals surface area (Å²) < 4.78 is 25.9. The molecule has 1 aromatic heterocycles. The third-order valence-electron chi connectivity index (χ3n) is 4.28. The first-order valence-corrected chi connectivity index (χ1v) is 11.5. The van der Waals surface area contributed by atoms with Crippen molar-refractivity contribution in [2.24, 2.45) is 0 Å². The van der Waals surface area contributed by atoms with E-state index in [-0.39, 0.29) is 12.5 Å². The molecule has 1 heterocycles. The molecular weight excluding hydrogens is 445 g/mol. The van der Waals surface area contributed by atoms with Crippen molar-refractivity contribution in [2.45, 2.75) is 13.1 Å². The first-order valence-electron chi connectivity index (χ1n) is 8.92. The number of nitrogens with zero attached hydrogens (tertiary/aromatic N) is 2. The van der Waals surface area contributed by atoms with E-state index < -0.39 is 10.0 Å². The molecule has 0 radical (unpaired) electrons. The minimum absolute atomic E-state index is 0.0778. The molecule has 6 nitrogen and oxygen atoms in total. The van der Waals surface area contributed by atoms with E-state index in [1.807, 2.05) is 12.1 Å². The minimum atomic E-state index is -3.58. The molecule has 3 aromatic rings. The zero-order valence-corrected chi connectivity index (χ0v) is 18.4. The van der Waals surface area contributed by atoms with Crippen molar-refractivity contribution in [1.82, 2.24) is 10.3 Å². The van der Waals surface area contributed by atoms with Crippen LogP contribution in [0.4, 0.5) is 5.69 Å². The smallest absolute Gasteiger partial charge is 0.251 e. The highest BCUT2D eigenvalue weighted by Crippen LogP contribution is 2.28. The molecule has 0 spiro atoms. The Morgan fingerprint density at radius 3 is 2.13 bits per heavy atom. The van der Waals surface area contributed by atoms with Crippen molar-refractivity contribution in [3.63, 3.8) is 0 Å². The lowest BCUT2D eigenvalue weighted by molar-refractivity contribution is 0.0951. The summed E-state index contributed by atoms with van der Waals surface area (Å²) in [4.78, 5) is 16.3. The van der Waals surface area contributed by atoms with Crippen LogP contribution in [0.1, 0.15) is 21.5 Å². The summed E-state index contributed by atoms with van der Waals surface area (Å²) in [5.74, 6) is -0.222. The molecule has 30 heavy (non-hydrogen) atoms. The van der Waals surface area contributed by atoms with E-state index in [2.05, 4.69) is 10.3 Å². The average molecular weight is 464 g/mol. The van der Waals surface area contributed by atoms with E-state index >= 15 is 0 Å². The number of carbonyl (C=O) groups is 1. The third-order valence-corrected chi connectivity index (χ3v) is 5.86. The van der Waals surface area contributed by atoms with Crippen LogP contribution in [0.3, 0.4) is 0 Å². The van der Waals surface area contributed by atoms with Crippen molar-refractivity contribution in [3.05, 3.63) is 93.7 Å². The van der Waals surface area contributed by atoms with Gasteiger partial charge in [0.05, 0.1) is 18.5 Å². The van der Waals surface area contributed by atoms with Crippen LogP contribution in [0.25, 0.3) is 0 Å². The van der Waals surface area contributed by atoms with Gasteiger partial charge in [-0.05, 0) is 53.6 Å². The predicted octanol–water partition coefficient (Wildman–Crippen LogP) is 4.28. The quantitative estimate of drug-likeness (QED) is 0.566. The maximum Gasteiger partial charge on any atom is 0.251 e. The summed E-state index contributed by atoms with van der Waals surface area (Å²) in [6, 6.07) is 15.0. The first kappa shape index (κ1) is 22.1. The summed E-state index contributed by atoms with van der Waals surface area (Å²) in [5, 5.41) is 3.52. The summed E-state index contributed by atoms with van der Waals surface area (Å²) in [7, 11) is -3.58. The molecule has 2 aromatic carbocycles. The third kappa shape index (κ3) is 5.95. The number of amides is 1. The van der Waals surface area contributed by atoms with Gasteiger partial charge >= 0.3 is 0 Å². The Hall–Kier alpha value is -2.61. The Morgan fingerprint density at radius 2 is 1.57 bits per heavy atom. The fourth-order valence-corrected chi connectivity index (χ4v) is 4.18. The van der Waals surface area contributed by atoms with Crippen molar-refractivity contribution >= 4 is 44.8 Å². The second-order valence-corrected chi connectivity index (χ2v) is 9.41. The Morgan fingerprint density at radius 1 is 0.967 bits per heavy atom. The van der Waals surface area contributed by atoms with Crippen LogP contribution in [0.15, 0.2) is 67.0 Å². The average Bonchev–Trinajstić information content (AvgIpc) is 2.70. The Balaban J connectivity index is 1.73. The van der Waals surface area contributed by atoms with E-state index in [0.717, 1.165) is 11.8 Å². The van der Waals surface area contributed by atoms with Crippen molar-refractivity contribution < 1.29 is 13.2 Å². The molecule has 9 heteroatoms. The highest BCUT2D eigenvalue weighted by molar-refractivity contribution is 7.92. The highest BCUT2D eigenvalue weighted by Gasteiger charge is 2.19. The van der Waals surface area contributed by atoms with Crippen molar-refractivity contribution in [2.75, 3.05) is 10.6 Å². The number of hydrogen-bond donors (Lipinski definition) is 1. The SMILES string of the molecule is CS(=O)(=O)N(Cc1ccc(C(=O)NCc2ccncc2)cc1)c1cc(Cl)cc(Cl)c1. The lowest BCUT2D eigenvalue weighted by Crippen LogP contribution is -2.29. The topological polar surface area (TPSA) is 79.4 Å². The van der Waals surface area contributed by atoms with Crippen LogP contribution in [0.2, 0.25) is 10.0 Å². The molecule has 156 valence electrons. The molecule has 3 rings (SSSR count). The van der Waals surface area contributed by atoms with E-state index in [1.165, 1.54) is 22.5 Å². The molecule has 1 N–H and O–H groups in total. The van der Waals surface area contributed by atoms with Crippen LogP contribution >= 0.6 is 23.2 Å². The normalized spacial score (nSPS) is 11.2. The molecule has 1 amide bonds. The zero-order valence-electron chi connectivity index (χ0n) is 16.0. The summed E-state index contributed by atoms with van der Waals surface area (Å²) in [6.07, 6.45) is 4.44. The van der Waals surface area contributed by atoms with Gasteiger partial charge in [0.15, 0.2) is 0 Å². The van der Waals surface area contributed by atoms with Gasteiger partial charge in [0.1, 0.15) is 0 Å². The van der Waals surface area contributed by atoms with Gasteiger partial charge in [0.25, 0.3) is 5.91 Å². The molecule has 0 fully saturated rings. The van der Waals surface area contributed by atoms with Gasteiger partial charge in [0, 0.05) is 34.5 Å². The maximum absolute atomic E-state index is 12.3. The van der Waals surface area contributed by atoms with Gasteiger partial charge in [-0.2, -0.15) is 0 Å². The first-order chi connectivity index (χ1) is 14.2. The van der Waals surface area contributed by atoms with Crippen LogP contribution < -0.4 is 9.62 Å². The van der Waals surface area contributed by atoms with Crippen LogP contribution in [-0.4, -0.2) is 25.6 Å². The summed E-state index contributed by atoms with van der Waals surface area (Å²) in [6.45, 7) is 0.467. The van der Waals surface area contributed by atoms with E-state index in [0.29, 0.717) is 33.4 Å². The largest absolute Gasteiger partial charge is 0.348 e. The Bertz CT molecular complexity index is 1120. The second kappa shape index (κ2) is 9.47. The monoisotopic (exact) mass is 463 g/mol. The number of rotatable bonds is 7. The molecule has 0 bridgehead atoms. The number of carbonyl (C=O) groups excluding carboxylic acids is 1. The molecule has 0 saturated heterocycles. The van der Waals surface area contributed by atoms with Gasteiger partial charge in [-0.1, -0.05) is 35.3 Å². The fourth-order valence-electron chi connectivity index (χ4n) is 2.80. The van der Waals surface area contributed by atoms with Gasteiger partial charge in [0.2, 0.25) is 10.0 Å². The highest BCUT2D eigenvalue weighted by atomic mass is 35.5. The number of sulfonamides is 1. The molecule has 0 aliphatic carbocycles. The number of aromatic nitrogens is 1. The number of anilines is 1. The van der Waals surface area contributed by atoms with Gasteiger partial charge in [-0.3, -0.25) is 14.1 Å². The summed E-state index contributed by atoms with van der Waals surface area (Å²) in [5.41, 5.74) is 2.50. The maximum atomic E-state index is 12.3. The number of pyridine rings is 1. The zero-order chi connectivity index (χ0) is 21.7. The van der Waals surface area contributed by atoms with Gasteiger partial charge < -0.3 is 5.32 Å². The second-order valence-electron chi connectivity index (χ2n) is 6.63. The molecule has 0 unspecified atom stereocenters.